The van der Waals surface area contributed by atoms with Gasteiger partial charge in [-0.05, 0) is 29.8 Å². The van der Waals surface area contributed by atoms with E-state index >= 15 is 0 Å². The first kappa shape index (κ1) is 21.7. The van der Waals surface area contributed by atoms with E-state index in [1.165, 1.54) is 29.2 Å². The van der Waals surface area contributed by atoms with Gasteiger partial charge < -0.3 is 5.32 Å². The number of aromatic nitrogens is 4. The zero-order chi connectivity index (χ0) is 22.9. The molecule has 0 amide bonds. The van der Waals surface area contributed by atoms with E-state index < -0.39 is 20.0 Å². The third-order valence-corrected chi connectivity index (χ3v) is 6.73. The molecule has 0 aliphatic rings. The SMILES string of the molecule is Cn1cc(S(=O)(=O)Nc2nc3ccccc3nc2NCc2ccc(S(N)(=O)=O)cc2)cn1. The number of nitrogens with one attached hydrogen (secondary N) is 2. The summed E-state index contributed by atoms with van der Waals surface area (Å²) in [6.45, 7) is 0.236. The van der Waals surface area contributed by atoms with Crippen molar-refractivity contribution < 1.29 is 16.8 Å². The Hall–Kier alpha value is -3.55. The van der Waals surface area contributed by atoms with Gasteiger partial charge in [0, 0.05) is 19.8 Å². The van der Waals surface area contributed by atoms with Crippen LogP contribution in [0.4, 0.5) is 11.6 Å². The van der Waals surface area contributed by atoms with Crippen molar-refractivity contribution in [2.45, 2.75) is 16.3 Å². The molecule has 0 fully saturated rings. The van der Waals surface area contributed by atoms with E-state index in [9.17, 15) is 16.8 Å². The minimum atomic E-state index is -3.94. The van der Waals surface area contributed by atoms with E-state index in [1.54, 1.807) is 43.4 Å². The molecule has 0 unspecified atom stereocenters. The third kappa shape index (κ3) is 4.69. The largest absolute Gasteiger partial charge is 0.363 e. The molecule has 4 aromatic rings. The van der Waals surface area contributed by atoms with Crippen LogP contribution in [-0.4, -0.2) is 36.6 Å². The molecule has 2 aromatic heterocycles. The lowest BCUT2D eigenvalue weighted by molar-refractivity contribution is 0.597. The summed E-state index contributed by atoms with van der Waals surface area (Å²) in [5.74, 6) is 0.236. The maximum atomic E-state index is 12.8. The average molecular weight is 474 g/mol. The summed E-state index contributed by atoms with van der Waals surface area (Å²) in [4.78, 5) is 8.89. The molecule has 2 aromatic carbocycles. The summed E-state index contributed by atoms with van der Waals surface area (Å²) in [5.41, 5.74) is 1.82. The van der Waals surface area contributed by atoms with Crippen molar-refractivity contribution in [2.75, 3.05) is 10.0 Å². The number of para-hydroxylation sites is 2. The molecule has 2 heterocycles. The van der Waals surface area contributed by atoms with E-state index in [0.29, 0.717) is 11.0 Å². The number of sulfonamides is 2. The van der Waals surface area contributed by atoms with Gasteiger partial charge in [-0.2, -0.15) is 5.10 Å². The molecule has 13 heteroatoms. The monoisotopic (exact) mass is 473 g/mol. The number of hydrogen-bond donors (Lipinski definition) is 3. The standard InChI is InChI=1S/C19H19N7O4S2/c1-26-12-15(11-22-26)32(29,30)25-19-18(23-16-4-2-3-5-17(16)24-19)21-10-13-6-8-14(9-7-13)31(20,27)28/h2-9,11-12H,10H2,1H3,(H,21,23)(H,24,25)(H2,20,27,28). The van der Waals surface area contributed by atoms with Crippen LogP contribution in [0.25, 0.3) is 11.0 Å². The summed E-state index contributed by atoms with van der Waals surface area (Å²) in [5, 5.41) is 12.1. The van der Waals surface area contributed by atoms with Crippen LogP contribution in [0.1, 0.15) is 5.56 Å². The minimum absolute atomic E-state index is 0.00309. The molecule has 32 heavy (non-hydrogen) atoms. The number of anilines is 2. The number of nitrogens with zero attached hydrogens (tertiary/aromatic N) is 4. The van der Waals surface area contributed by atoms with E-state index in [4.69, 9.17) is 5.14 Å². The van der Waals surface area contributed by atoms with Gasteiger partial charge >= 0.3 is 0 Å². The average Bonchev–Trinajstić information content (AvgIpc) is 3.19. The second kappa shape index (κ2) is 8.18. The highest BCUT2D eigenvalue weighted by Crippen LogP contribution is 2.25. The van der Waals surface area contributed by atoms with E-state index in [2.05, 4.69) is 25.1 Å². The van der Waals surface area contributed by atoms with Gasteiger partial charge in [0.05, 0.1) is 22.1 Å². The van der Waals surface area contributed by atoms with Crippen LogP contribution in [0.3, 0.4) is 0 Å². The highest BCUT2D eigenvalue weighted by molar-refractivity contribution is 7.92. The maximum absolute atomic E-state index is 12.8. The first-order valence-electron chi connectivity index (χ1n) is 9.26. The van der Waals surface area contributed by atoms with Crippen molar-refractivity contribution >= 4 is 42.7 Å². The first-order valence-corrected chi connectivity index (χ1v) is 12.3. The zero-order valence-electron chi connectivity index (χ0n) is 16.8. The quantitative estimate of drug-likeness (QED) is 0.363. The molecule has 166 valence electrons. The smallest absolute Gasteiger partial charge is 0.266 e. The second-order valence-corrected chi connectivity index (χ2v) is 10.2. The van der Waals surface area contributed by atoms with Crippen molar-refractivity contribution in [1.82, 2.24) is 19.7 Å². The molecular weight excluding hydrogens is 454 g/mol. The Morgan fingerprint density at radius 1 is 0.906 bits per heavy atom. The topological polar surface area (TPSA) is 162 Å². The van der Waals surface area contributed by atoms with Crippen LogP contribution >= 0.6 is 0 Å². The number of fused-ring (bicyclic) bond motifs is 1. The molecule has 0 atom stereocenters. The van der Waals surface area contributed by atoms with Crippen LogP contribution in [0.2, 0.25) is 0 Å². The molecule has 11 nitrogen and oxygen atoms in total. The molecule has 0 spiro atoms. The highest BCUT2D eigenvalue weighted by atomic mass is 32.2. The van der Waals surface area contributed by atoms with Crippen molar-refractivity contribution in [1.29, 1.82) is 0 Å². The predicted octanol–water partition coefficient (Wildman–Crippen LogP) is 1.42. The van der Waals surface area contributed by atoms with E-state index in [1.807, 2.05) is 0 Å². The molecule has 0 bridgehead atoms. The van der Waals surface area contributed by atoms with Crippen LogP contribution in [0.15, 0.2) is 70.7 Å². The van der Waals surface area contributed by atoms with Crippen LogP contribution in [0, 0.1) is 0 Å². The van der Waals surface area contributed by atoms with E-state index in [-0.39, 0.29) is 28.0 Å². The number of benzene rings is 2. The summed E-state index contributed by atoms with van der Waals surface area (Å²) in [6.07, 6.45) is 2.61. The van der Waals surface area contributed by atoms with E-state index in [0.717, 1.165) is 5.56 Å². The Balaban J connectivity index is 1.65. The Morgan fingerprint density at radius 3 is 2.09 bits per heavy atom. The zero-order valence-corrected chi connectivity index (χ0v) is 18.4. The lowest BCUT2D eigenvalue weighted by atomic mass is 10.2. The molecule has 0 aliphatic carbocycles. The molecule has 0 aliphatic heterocycles. The fraction of sp³-hybridized carbons (Fsp3) is 0.105. The Bertz CT molecular complexity index is 1500. The molecule has 4 rings (SSSR count). The lowest BCUT2D eigenvalue weighted by Crippen LogP contribution is -2.16. The Kier molecular flexibility index (Phi) is 5.54. The van der Waals surface area contributed by atoms with Crippen LogP contribution in [0.5, 0.6) is 0 Å². The van der Waals surface area contributed by atoms with Gasteiger partial charge in [0.15, 0.2) is 11.6 Å². The maximum Gasteiger partial charge on any atom is 0.266 e. The van der Waals surface area contributed by atoms with Crippen molar-refractivity contribution in [2.24, 2.45) is 12.2 Å². The number of aryl methyl sites for hydroxylation is 1. The molecule has 0 radical (unpaired) electrons. The molecular formula is C19H19N7O4S2. The van der Waals surface area contributed by atoms with Gasteiger partial charge in [-0.25, -0.2) is 31.9 Å². The number of primary sulfonamides is 1. The third-order valence-electron chi connectivity index (χ3n) is 4.50. The summed E-state index contributed by atoms with van der Waals surface area (Å²) in [6, 6.07) is 13.0. The van der Waals surface area contributed by atoms with Gasteiger partial charge in [0.25, 0.3) is 10.0 Å². The van der Waals surface area contributed by atoms with Crippen LogP contribution in [-0.2, 0) is 33.6 Å². The Morgan fingerprint density at radius 2 is 1.53 bits per heavy atom. The van der Waals surface area contributed by atoms with Gasteiger partial charge in [0.2, 0.25) is 10.0 Å². The predicted molar refractivity (Wildman–Crippen MR) is 119 cm³/mol. The van der Waals surface area contributed by atoms with Gasteiger partial charge in [-0.15, -0.1) is 0 Å². The fourth-order valence-corrected chi connectivity index (χ4v) is 4.41. The summed E-state index contributed by atoms with van der Waals surface area (Å²) >= 11 is 0. The lowest BCUT2D eigenvalue weighted by Gasteiger charge is -2.13. The van der Waals surface area contributed by atoms with Gasteiger partial charge in [0.1, 0.15) is 4.90 Å². The number of nitrogens with two attached hydrogens (primary N) is 1. The number of rotatable bonds is 7. The van der Waals surface area contributed by atoms with Crippen molar-refractivity contribution in [3.63, 3.8) is 0 Å². The highest BCUT2D eigenvalue weighted by Gasteiger charge is 2.20. The second-order valence-electron chi connectivity index (χ2n) is 6.91. The van der Waals surface area contributed by atoms with Gasteiger partial charge in [-0.3, -0.25) is 9.40 Å². The fourth-order valence-electron chi connectivity index (χ4n) is 2.90. The van der Waals surface area contributed by atoms with Crippen molar-refractivity contribution in [3.05, 3.63) is 66.5 Å². The summed E-state index contributed by atoms with van der Waals surface area (Å²) in [7, 11) is -6.12. The molecule has 4 N–H and O–H groups in total. The van der Waals surface area contributed by atoms with Gasteiger partial charge in [-0.1, -0.05) is 24.3 Å². The first-order chi connectivity index (χ1) is 15.1. The summed E-state index contributed by atoms with van der Waals surface area (Å²) < 4.78 is 52.2. The van der Waals surface area contributed by atoms with Crippen LogP contribution < -0.4 is 15.2 Å². The van der Waals surface area contributed by atoms with Crippen molar-refractivity contribution in [3.8, 4) is 0 Å². The number of hydrogen-bond acceptors (Lipinski definition) is 8. The normalized spacial score (nSPS) is 12.1. The molecule has 0 saturated heterocycles. The minimum Gasteiger partial charge on any atom is -0.363 e. The Labute approximate surface area is 184 Å². The molecule has 0 saturated carbocycles.